The molecule has 10 rings (SSSR count). The van der Waals surface area contributed by atoms with E-state index in [9.17, 15) is 0 Å². The highest BCUT2D eigenvalue weighted by atomic mass is 32.1. The molecule has 10 aromatic rings. The van der Waals surface area contributed by atoms with E-state index in [0.29, 0.717) is 5.95 Å². The fraction of sp³-hybridized carbons (Fsp3) is 0. The largest absolute Gasteiger partial charge is 0.277 e. The lowest BCUT2D eigenvalue weighted by molar-refractivity contribution is 0.993. The molecule has 48 heavy (non-hydrogen) atoms. The summed E-state index contributed by atoms with van der Waals surface area (Å²) in [6, 6.07) is 54.2. The highest BCUT2D eigenvalue weighted by molar-refractivity contribution is 7.26. The van der Waals surface area contributed by atoms with E-state index in [2.05, 4.69) is 156 Å². The summed E-state index contributed by atoms with van der Waals surface area (Å²) in [5.74, 6) is 0.665. The van der Waals surface area contributed by atoms with Gasteiger partial charge in [-0.1, -0.05) is 121 Å². The fourth-order valence-electron chi connectivity index (χ4n) is 7.22. The van der Waals surface area contributed by atoms with Gasteiger partial charge in [-0.05, 0) is 63.5 Å². The SMILES string of the molecule is c1ccc(-c2cc(-c3ccccc3)cc(-c3cnc(-n4c5ccccc5c5ccc6ccc7c8ccccc8sc7c6c54)nc3)c2)cc1. The summed E-state index contributed by atoms with van der Waals surface area (Å²) in [5, 5.41) is 7.46. The lowest BCUT2D eigenvalue weighted by Gasteiger charge is -2.12. The van der Waals surface area contributed by atoms with Gasteiger partial charge in [-0.3, -0.25) is 4.57 Å². The average Bonchev–Trinajstić information content (AvgIpc) is 3.71. The molecule has 0 spiro atoms. The molecular formula is C44H27N3S. The van der Waals surface area contributed by atoms with Gasteiger partial charge in [-0.25, -0.2) is 9.97 Å². The van der Waals surface area contributed by atoms with E-state index in [0.717, 1.165) is 33.3 Å². The smallest absolute Gasteiger partial charge is 0.234 e. The molecule has 0 unspecified atom stereocenters. The van der Waals surface area contributed by atoms with Crippen molar-refractivity contribution in [2.45, 2.75) is 0 Å². The molecule has 0 amide bonds. The van der Waals surface area contributed by atoms with Crippen LogP contribution in [-0.4, -0.2) is 14.5 Å². The van der Waals surface area contributed by atoms with E-state index >= 15 is 0 Å². The van der Waals surface area contributed by atoms with Crippen LogP contribution in [0.25, 0.3) is 92.1 Å². The Morgan fingerprint density at radius 2 is 1.00 bits per heavy atom. The van der Waals surface area contributed by atoms with E-state index in [1.807, 2.05) is 23.7 Å². The lowest BCUT2D eigenvalue weighted by atomic mass is 9.94. The number of para-hydroxylation sites is 1. The van der Waals surface area contributed by atoms with Crippen molar-refractivity contribution < 1.29 is 0 Å². The molecule has 7 aromatic carbocycles. The Balaban J connectivity index is 1.20. The Hall–Kier alpha value is -6.10. The van der Waals surface area contributed by atoms with Gasteiger partial charge in [0.05, 0.1) is 11.0 Å². The maximum atomic E-state index is 5.09. The number of rotatable bonds is 4. The van der Waals surface area contributed by atoms with Crippen LogP contribution in [0.2, 0.25) is 0 Å². The Kier molecular flexibility index (Phi) is 6.05. The summed E-state index contributed by atoms with van der Waals surface area (Å²) >= 11 is 1.86. The van der Waals surface area contributed by atoms with Crippen molar-refractivity contribution in [3.63, 3.8) is 0 Å². The summed E-state index contributed by atoms with van der Waals surface area (Å²) < 4.78 is 4.86. The first-order valence-electron chi connectivity index (χ1n) is 16.1. The summed E-state index contributed by atoms with van der Waals surface area (Å²) in [6.45, 7) is 0. The van der Waals surface area contributed by atoms with Crippen LogP contribution in [-0.2, 0) is 0 Å². The lowest BCUT2D eigenvalue weighted by Crippen LogP contribution is -2.01. The van der Waals surface area contributed by atoms with Gasteiger partial charge in [-0.2, -0.15) is 0 Å². The summed E-state index contributed by atoms with van der Waals surface area (Å²) in [7, 11) is 0. The number of benzene rings is 7. The third kappa shape index (κ3) is 4.20. The van der Waals surface area contributed by atoms with Crippen LogP contribution in [0, 0.1) is 0 Å². The van der Waals surface area contributed by atoms with Crippen LogP contribution in [0.4, 0.5) is 0 Å². The molecule has 0 N–H and O–H groups in total. The predicted octanol–water partition coefficient (Wildman–Crippen LogP) is 12.1. The molecule has 3 aromatic heterocycles. The normalized spacial score (nSPS) is 11.8. The first-order valence-corrected chi connectivity index (χ1v) is 17.0. The number of thiophene rings is 1. The molecule has 3 heterocycles. The van der Waals surface area contributed by atoms with Crippen LogP contribution < -0.4 is 0 Å². The van der Waals surface area contributed by atoms with E-state index in [1.54, 1.807) is 0 Å². The van der Waals surface area contributed by atoms with Crippen molar-refractivity contribution in [2.75, 3.05) is 0 Å². The van der Waals surface area contributed by atoms with Crippen molar-refractivity contribution in [3.05, 3.63) is 164 Å². The zero-order valence-electron chi connectivity index (χ0n) is 25.8. The topological polar surface area (TPSA) is 30.7 Å². The minimum absolute atomic E-state index is 0.665. The highest BCUT2D eigenvalue weighted by Gasteiger charge is 2.19. The van der Waals surface area contributed by atoms with E-state index in [1.165, 1.54) is 52.8 Å². The van der Waals surface area contributed by atoms with Gasteiger partial charge < -0.3 is 0 Å². The summed E-state index contributed by atoms with van der Waals surface area (Å²) in [4.78, 5) is 10.2. The highest BCUT2D eigenvalue weighted by Crippen LogP contribution is 2.44. The second-order valence-electron chi connectivity index (χ2n) is 12.3. The van der Waals surface area contributed by atoms with Gasteiger partial charge in [0.1, 0.15) is 0 Å². The van der Waals surface area contributed by atoms with Crippen LogP contribution in [0.15, 0.2) is 164 Å². The number of nitrogens with zero attached hydrogens (tertiary/aromatic N) is 3. The number of hydrogen-bond donors (Lipinski definition) is 0. The molecule has 0 saturated heterocycles. The third-order valence-electron chi connectivity index (χ3n) is 9.48. The van der Waals surface area contributed by atoms with Crippen molar-refractivity contribution in [3.8, 4) is 39.3 Å². The molecule has 0 fully saturated rings. The molecule has 0 aliphatic rings. The molecule has 224 valence electrons. The summed E-state index contributed by atoms with van der Waals surface area (Å²) in [5.41, 5.74) is 9.00. The van der Waals surface area contributed by atoms with Gasteiger partial charge in [0.2, 0.25) is 5.95 Å². The second-order valence-corrected chi connectivity index (χ2v) is 13.3. The van der Waals surface area contributed by atoms with Crippen molar-refractivity contribution >= 4 is 64.1 Å². The number of hydrogen-bond acceptors (Lipinski definition) is 3. The second kappa shape index (κ2) is 10.7. The van der Waals surface area contributed by atoms with Gasteiger partial charge in [0, 0.05) is 54.3 Å². The van der Waals surface area contributed by atoms with Crippen molar-refractivity contribution in [1.82, 2.24) is 14.5 Å². The molecule has 0 radical (unpaired) electrons. The minimum atomic E-state index is 0.665. The molecule has 0 aliphatic carbocycles. The molecule has 0 saturated carbocycles. The molecule has 0 aliphatic heterocycles. The molecule has 3 nitrogen and oxygen atoms in total. The first-order chi connectivity index (χ1) is 23.8. The Morgan fingerprint density at radius 3 is 1.69 bits per heavy atom. The average molecular weight is 630 g/mol. The van der Waals surface area contributed by atoms with E-state index < -0.39 is 0 Å². The standard InChI is InChI=1S/C44H27N3S/c1-3-11-28(12-4-1)31-23-32(29-13-5-2-6-14-29)25-33(24-31)34-26-45-44(46-27-34)47-39-17-9-7-15-35(39)37-21-19-30-20-22-38-36-16-8-10-18-40(36)48-43(38)41(30)42(37)47/h1-27H. The molecule has 0 atom stereocenters. The van der Waals surface area contributed by atoms with Crippen LogP contribution in [0.3, 0.4) is 0 Å². The number of aromatic nitrogens is 3. The van der Waals surface area contributed by atoms with E-state index in [4.69, 9.17) is 9.97 Å². The van der Waals surface area contributed by atoms with Gasteiger partial charge >= 0.3 is 0 Å². The van der Waals surface area contributed by atoms with Crippen molar-refractivity contribution in [1.29, 1.82) is 0 Å². The van der Waals surface area contributed by atoms with Gasteiger partial charge in [0.25, 0.3) is 0 Å². The first kappa shape index (κ1) is 27.1. The Bertz CT molecular complexity index is 2750. The Labute approximate surface area is 281 Å². The maximum Gasteiger partial charge on any atom is 0.234 e. The molecule has 0 bridgehead atoms. The number of fused-ring (bicyclic) bond motifs is 9. The zero-order valence-corrected chi connectivity index (χ0v) is 26.7. The molecular weight excluding hydrogens is 603 g/mol. The van der Waals surface area contributed by atoms with Crippen LogP contribution in [0.1, 0.15) is 0 Å². The van der Waals surface area contributed by atoms with Gasteiger partial charge in [0.15, 0.2) is 0 Å². The minimum Gasteiger partial charge on any atom is -0.277 e. The van der Waals surface area contributed by atoms with Crippen molar-refractivity contribution in [2.24, 2.45) is 0 Å². The maximum absolute atomic E-state index is 5.09. The van der Waals surface area contributed by atoms with E-state index in [-0.39, 0.29) is 0 Å². The zero-order chi connectivity index (χ0) is 31.6. The van der Waals surface area contributed by atoms with Gasteiger partial charge in [-0.15, -0.1) is 11.3 Å². The molecule has 4 heteroatoms. The predicted molar refractivity (Wildman–Crippen MR) is 203 cm³/mol. The fourth-order valence-corrected chi connectivity index (χ4v) is 8.48. The monoisotopic (exact) mass is 629 g/mol. The van der Waals surface area contributed by atoms with Crippen LogP contribution in [0.5, 0.6) is 0 Å². The third-order valence-corrected chi connectivity index (χ3v) is 10.7. The van der Waals surface area contributed by atoms with Crippen LogP contribution >= 0.6 is 11.3 Å². The quantitative estimate of drug-likeness (QED) is 0.194. The Morgan fingerprint density at radius 1 is 0.438 bits per heavy atom. The summed E-state index contributed by atoms with van der Waals surface area (Å²) in [6.07, 6.45) is 3.95.